The van der Waals surface area contributed by atoms with Crippen molar-refractivity contribution < 1.29 is 26.5 Å². The number of aryl methyl sites for hydroxylation is 1. The van der Waals surface area contributed by atoms with Crippen LogP contribution in [0.15, 0.2) is 51.7 Å². The molecular formula is C16H13NO6S. The van der Waals surface area contributed by atoms with Gasteiger partial charge in [-0.25, -0.2) is 9.79 Å². The summed E-state index contributed by atoms with van der Waals surface area (Å²) in [4.78, 5) is 16.0. The Balaban J connectivity index is 2.02. The van der Waals surface area contributed by atoms with Gasteiger partial charge >= 0.3 is 16.1 Å². The zero-order valence-corrected chi connectivity index (χ0v) is 13.7. The average molecular weight is 347 g/mol. The third-order valence-electron chi connectivity index (χ3n) is 3.05. The van der Waals surface area contributed by atoms with Crippen molar-refractivity contribution in [3.8, 4) is 5.75 Å². The van der Waals surface area contributed by atoms with Crippen LogP contribution in [0, 0.1) is 6.92 Å². The van der Waals surface area contributed by atoms with Crippen molar-refractivity contribution in [3.63, 3.8) is 0 Å². The highest BCUT2D eigenvalue weighted by molar-refractivity contribution is 7.86. The Hall–Kier alpha value is -2.87. The number of cyclic esters (lactones) is 1. The number of rotatable bonds is 4. The standard InChI is InChI=1S/C16H13NO6S/c1-10-5-6-13(23-24(2,19)20)11(8-10)9-12-16(18)22-15(17-12)14-4-3-7-21-14/h3-9H,1-2H3. The van der Waals surface area contributed by atoms with Crippen molar-refractivity contribution in [1.29, 1.82) is 0 Å². The normalized spacial score (nSPS) is 16.2. The number of carbonyl (C=O) groups is 1. The van der Waals surface area contributed by atoms with Gasteiger partial charge in [0.1, 0.15) is 5.75 Å². The number of nitrogens with zero attached hydrogens (tertiary/aromatic N) is 1. The average Bonchev–Trinajstić information content (AvgIpc) is 3.11. The van der Waals surface area contributed by atoms with E-state index in [1.165, 1.54) is 18.4 Å². The summed E-state index contributed by atoms with van der Waals surface area (Å²) in [7, 11) is -3.70. The first-order valence-electron chi connectivity index (χ1n) is 6.88. The van der Waals surface area contributed by atoms with Crippen LogP contribution in [0.1, 0.15) is 16.9 Å². The summed E-state index contributed by atoms with van der Waals surface area (Å²) in [5.74, 6) is -0.184. The number of aliphatic imine (C=N–C) groups is 1. The Kier molecular flexibility index (Phi) is 3.98. The molecule has 0 bridgehead atoms. The van der Waals surface area contributed by atoms with Gasteiger partial charge in [0.25, 0.3) is 5.90 Å². The summed E-state index contributed by atoms with van der Waals surface area (Å²) in [5.41, 5.74) is 1.28. The maximum atomic E-state index is 12.0. The predicted octanol–water partition coefficient (Wildman–Crippen LogP) is 2.27. The summed E-state index contributed by atoms with van der Waals surface area (Å²) < 4.78 is 37.9. The summed E-state index contributed by atoms with van der Waals surface area (Å²) in [6.07, 6.45) is 3.79. The van der Waals surface area contributed by atoms with Gasteiger partial charge in [-0.15, -0.1) is 0 Å². The van der Waals surface area contributed by atoms with E-state index < -0.39 is 16.1 Å². The van der Waals surface area contributed by atoms with Crippen molar-refractivity contribution >= 4 is 28.1 Å². The molecule has 0 unspecified atom stereocenters. The Morgan fingerprint density at radius 3 is 2.71 bits per heavy atom. The Morgan fingerprint density at radius 2 is 2.04 bits per heavy atom. The fourth-order valence-electron chi connectivity index (χ4n) is 2.08. The lowest BCUT2D eigenvalue weighted by molar-refractivity contribution is -0.130. The molecule has 3 rings (SSSR count). The Bertz CT molecular complexity index is 954. The van der Waals surface area contributed by atoms with E-state index in [4.69, 9.17) is 13.3 Å². The maximum absolute atomic E-state index is 12.0. The molecule has 2 heterocycles. The molecule has 0 atom stereocenters. The highest BCUT2D eigenvalue weighted by Gasteiger charge is 2.26. The molecule has 1 aromatic heterocycles. The molecule has 0 radical (unpaired) electrons. The van der Waals surface area contributed by atoms with E-state index in [9.17, 15) is 13.2 Å². The second kappa shape index (κ2) is 5.97. The molecule has 0 fully saturated rings. The Labute approximate surface area is 138 Å². The molecule has 0 saturated heterocycles. The van der Waals surface area contributed by atoms with Crippen molar-refractivity contribution in [2.24, 2.45) is 4.99 Å². The molecule has 1 aliphatic rings. The summed E-state index contributed by atoms with van der Waals surface area (Å²) in [6, 6.07) is 8.15. The molecule has 0 spiro atoms. The molecule has 24 heavy (non-hydrogen) atoms. The molecule has 1 aromatic carbocycles. The van der Waals surface area contributed by atoms with Gasteiger partial charge < -0.3 is 13.3 Å². The van der Waals surface area contributed by atoms with Crippen LogP contribution < -0.4 is 4.18 Å². The second-order valence-electron chi connectivity index (χ2n) is 5.14. The van der Waals surface area contributed by atoms with Crippen LogP contribution in [0.4, 0.5) is 0 Å². The molecule has 8 heteroatoms. The molecule has 0 amide bonds. The molecule has 0 saturated carbocycles. The molecule has 7 nitrogen and oxygen atoms in total. The van der Waals surface area contributed by atoms with E-state index in [0.717, 1.165) is 11.8 Å². The van der Waals surface area contributed by atoms with Gasteiger partial charge in [0, 0.05) is 5.56 Å². The van der Waals surface area contributed by atoms with Crippen LogP contribution in [0.25, 0.3) is 6.08 Å². The van der Waals surface area contributed by atoms with E-state index in [-0.39, 0.29) is 17.3 Å². The van der Waals surface area contributed by atoms with E-state index in [1.54, 1.807) is 24.3 Å². The van der Waals surface area contributed by atoms with E-state index in [0.29, 0.717) is 11.3 Å². The van der Waals surface area contributed by atoms with Crippen molar-refractivity contribution in [1.82, 2.24) is 0 Å². The largest absolute Gasteiger partial charge is 0.459 e. The van der Waals surface area contributed by atoms with Crippen LogP contribution >= 0.6 is 0 Å². The minimum Gasteiger partial charge on any atom is -0.459 e. The van der Waals surface area contributed by atoms with Gasteiger partial charge in [-0.3, -0.25) is 0 Å². The highest BCUT2D eigenvalue weighted by Crippen LogP contribution is 2.26. The van der Waals surface area contributed by atoms with E-state index in [1.807, 2.05) is 6.92 Å². The lowest BCUT2D eigenvalue weighted by Gasteiger charge is -2.07. The first-order chi connectivity index (χ1) is 11.3. The number of carbonyl (C=O) groups excluding carboxylic acids is 1. The van der Waals surface area contributed by atoms with Gasteiger partial charge in [0.05, 0.1) is 12.5 Å². The number of benzene rings is 1. The minimum atomic E-state index is -3.70. The number of hydrogen-bond donors (Lipinski definition) is 0. The fourth-order valence-corrected chi connectivity index (χ4v) is 2.56. The lowest BCUT2D eigenvalue weighted by atomic mass is 10.1. The monoisotopic (exact) mass is 347 g/mol. The van der Waals surface area contributed by atoms with Gasteiger partial charge in [-0.05, 0) is 37.3 Å². The highest BCUT2D eigenvalue weighted by atomic mass is 32.2. The molecule has 1 aliphatic heterocycles. The predicted molar refractivity (Wildman–Crippen MR) is 86.0 cm³/mol. The van der Waals surface area contributed by atoms with E-state index in [2.05, 4.69) is 4.99 Å². The van der Waals surface area contributed by atoms with Gasteiger partial charge in [0.2, 0.25) is 0 Å². The van der Waals surface area contributed by atoms with E-state index >= 15 is 0 Å². The van der Waals surface area contributed by atoms with Gasteiger partial charge in [-0.2, -0.15) is 8.42 Å². The van der Waals surface area contributed by atoms with Crippen molar-refractivity contribution in [3.05, 3.63) is 59.2 Å². The fraction of sp³-hybridized carbons (Fsp3) is 0.125. The van der Waals surface area contributed by atoms with Crippen LogP contribution in [0.5, 0.6) is 5.75 Å². The van der Waals surface area contributed by atoms with Crippen molar-refractivity contribution in [2.45, 2.75) is 6.92 Å². The molecule has 0 N–H and O–H groups in total. The first kappa shape index (κ1) is 16.0. The third-order valence-corrected chi connectivity index (χ3v) is 3.53. The topological polar surface area (TPSA) is 95.2 Å². The molecule has 2 aromatic rings. The Morgan fingerprint density at radius 1 is 1.25 bits per heavy atom. The number of hydrogen-bond acceptors (Lipinski definition) is 7. The second-order valence-corrected chi connectivity index (χ2v) is 6.72. The SMILES string of the molecule is Cc1ccc(OS(C)(=O)=O)c(C=C2N=C(c3ccco3)OC2=O)c1. The maximum Gasteiger partial charge on any atom is 0.363 e. The van der Waals surface area contributed by atoms with Crippen LogP contribution in [0.3, 0.4) is 0 Å². The van der Waals surface area contributed by atoms with Crippen LogP contribution in [0.2, 0.25) is 0 Å². The smallest absolute Gasteiger partial charge is 0.363 e. The zero-order valence-electron chi connectivity index (χ0n) is 12.8. The van der Waals surface area contributed by atoms with Crippen LogP contribution in [-0.4, -0.2) is 26.5 Å². The minimum absolute atomic E-state index is 0.0188. The number of ether oxygens (including phenoxy) is 1. The van der Waals surface area contributed by atoms with Gasteiger partial charge in [-0.1, -0.05) is 11.6 Å². The quantitative estimate of drug-likeness (QED) is 0.478. The molecule has 124 valence electrons. The molecule has 0 aliphatic carbocycles. The summed E-state index contributed by atoms with van der Waals surface area (Å²) in [6.45, 7) is 1.83. The zero-order chi connectivity index (χ0) is 17.3. The number of furan rings is 1. The van der Waals surface area contributed by atoms with Crippen molar-refractivity contribution in [2.75, 3.05) is 6.26 Å². The first-order valence-corrected chi connectivity index (χ1v) is 8.70. The van der Waals surface area contributed by atoms with Crippen LogP contribution in [-0.2, 0) is 19.6 Å². The van der Waals surface area contributed by atoms with Gasteiger partial charge in [0.15, 0.2) is 11.5 Å². The molecular weight excluding hydrogens is 334 g/mol. The third kappa shape index (κ3) is 3.54. The lowest BCUT2D eigenvalue weighted by Crippen LogP contribution is -2.07. The summed E-state index contributed by atoms with van der Waals surface area (Å²) in [5, 5.41) is 0. The summed E-state index contributed by atoms with van der Waals surface area (Å²) >= 11 is 0. The number of esters is 1.